The number of carbonyl (C=O) groups is 1. The van der Waals surface area contributed by atoms with Crippen LogP contribution in [0.1, 0.15) is 17.2 Å². The number of hydrogen-bond acceptors (Lipinski definition) is 3. The van der Waals surface area contributed by atoms with Gasteiger partial charge in [0.25, 0.3) is 0 Å². The maximum Gasteiger partial charge on any atom is 0.141 e. The van der Waals surface area contributed by atoms with Crippen LogP contribution in [0.25, 0.3) is 11.1 Å². The van der Waals surface area contributed by atoms with Crippen molar-refractivity contribution in [3.8, 4) is 16.9 Å². The van der Waals surface area contributed by atoms with Gasteiger partial charge >= 0.3 is 0 Å². The second-order valence-electron chi connectivity index (χ2n) is 6.82. The fraction of sp³-hybridized carbons (Fsp3) is 0.208. The molecule has 0 saturated heterocycles. The van der Waals surface area contributed by atoms with E-state index in [0.717, 1.165) is 48.2 Å². The van der Waals surface area contributed by atoms with Crippen molar-refractivity contribution in [2.75, 3.05) is 19.7 Å². The minimum atomic E-state index is -0.268. The number of rotatable bonds is 5. The summed E-state index contributed by atoms with van der Waals surface area (Å²) in [7, 11) is 0. The first-order valence-electron chi connectivity index (χ1n) is 9.40. The molecule has 0 radical (unpaired) electrons. The molecule has 3 nitrogen and oxygen atoms in total. The predicted octanol–water partition coefficient (Wildman–Crippen LogP) is 4.53. The zero-order chi connectivity index (χ0) is 18.5. The minimum Gasteiger partial charge on any atom is -0.492 e. The summed E-state index contributed by atoms with van der Waals surface area (Å²) >= 11 is 0. The van der Waals surface area contributed by atoms with Gasteiger partial charge in [-0.15, -0.1) is 0 Å². The van der Waals surface area contributed by atoms with E-state index in [1.807, 2.05) is 30.3 Å². The Morgan fingerprint density at radius 3 is 2.41 bits per heavy atom. The third kappa shape index (κ3) is 3.93. The Hall–Kier alpha value is -2.91. The lowest BCUT2D eigenvalue weighted by Gasteiger charge is -2.25. The zero-order valence-electron chi connectivity index (χ0n) is 15.3. The maximum atomic E-state index is 12.0. The summed E-state index contributed by atoms with van der Waals surface area (Å²) in [5, 5.41) is 0. The molecule has 0 aliphatic carbocycles. The van der Waals surface area contributed by atoms with Crippen LogP contribution < -0.4 is 4.74 Å². The van der Waals surface area contributed by atoms with Crippen molar-refractivity contribution in [1.29, 1.82) is 0 Å². The van der Waals surface area contributed by atoms with E-state index in [4.69, 9.17) is 4.74 Å². The summed E-state index contributed by atoms with van der Waals surface area (Å²) in [4.78, 5) is 14.2. The molecule has 4 rings (SSSR count). The van der Waals surface area contributed by atoms with E-state index in [-0.39, 0.29) is 6.04 Å². The van der Waals surface area contributed by atoms with Crippen molar-refractivity contribution in [3.05, 3.63) is 90.0 Å². The van der Waals surface area contributed by atoms with Crippen molar-refractivity contribution in [2.45, 2.75) is 12.5 Å². The summed E-state index contributed by atoms with van der Waals surface area (Å²) in [6, 6.07) is 26.5. The molecule has 0 saturated carbocycles. The largest absolute Gasteiger partial charge is 0.492 e. The SMILES string of the molecule is O=CC1c2ccc(-c3ccccc3)cc2OCCN1CCc1ccccc1. The minimum absolute atomic E-state index is 0.268. The Bertz CT molecular complexity index is 893. The van der Waals surface area contributed by atoms with Gasteiger partial charge < -0.3 is 9.53 Å². The molecule has 0 N–H and O–H groups in total. The molecule has 1 aliphatic heterocycles. The molecule has 0 fully saturated rings. The Labute approximate surface area is 160 Å². The van der Waals surface area contributed by atoms with Crippen molar-refractivity contribution >= 4 is 6.29 Å². The van der Waals surface area contributed by atoms with Gasteiger partial charge in [0, 0.05) is 18.7 Å². The summed E-state index contributed by atoms with van der Waals surface area (Å²) < 4.78 is 6.02. The molecule has 136 valence electrons. The quantitative estimate of drug-likeness (QED) is 0.628. The van der Waals surface area contributed by atoms with Gasteiger partial charge in [-0.2, -0.15) is 0 Å². The van der Waals surface area contributed by atoms with Gasteiger partial charge in [0.2, 0.25) is 0 Å². The van der Waals surface area contributed by atoms with E-state index >= 15 is 0 Å². The highest BCUT2D eigenvalue weighted by Gasteiger charge is 2.26. The Balaban J connectivity index is 1.58. The standard InChI is InChI=1S/C24H23NO2/c26-18-23-22-12-11-21(20-9-5-2-6-10-20)17-24(22)27-16-15-25(23)14-13-19-7-3-1-4-8-19/h1-12,17-18,23H,13-16H2. The van der Waals surface area contributed by atoms with Crippen LogP contribution >= 0.6 is 0 Å². The third-order valence-electron chi connectivity index (χ3n) is 5.13. The number of nitrogens with zero attached hydrogens (tertiary/aromatic N) is 1. The van der Waals surface area contributed by atoms with Crippen molar-refractivity contribution in [2.24, 2.45) is 0 Å². The Morgan fingerprint density at radius 1 is 0.926 bits per heavy atom. The van der Waals surface area contributed by atoms with Crippen molar-refractivity contribution in [1.82, 2.24) is 4.90 Å². The van der Waals surface area contributed by atoms with E-state index in [1.54, 1.807) is 0 Å². The monoisotopic (exact) mass is 357 g/mol. The number of benzene rings is 3. The van der Waals surface area contributed by atoms with Crippen LogP contribution in [0.3, 0.4) is 0 Å². The fourth-order valence-electron chi connectivity index (χ4n) is 3.65. The van der Waals surface area contributed by atoms with E-state index < -0.39 is 0 Å². The highest BCUT2D eigenvalue weighted by atomic mass is 16.5. The first-order chi connectivity index (χ1) is 13.3. The molecular weight excluding hydrogens is 334 g/mol. The van der Waals surface area contributed by atoms with Gasteiger partial charge in [0.15, 0.2) is 0 Å². The number of hydrogen-bond donors (Lipinski definition) is 0. The normalized spacial score (nSPS) is 16.8. The molecule has 0 bridgehead atoms. The lowest BCUT2D eigenvalue weighted by Crippen LogP contribution is -2.33. The molecule has 3 aromatic rings. The molecule has 0 aromatic heterocycles. The molecule has 27 heavy (non-hydrogen) atoms. The second-order valence-corrected chi connectivity index (χ2v) is 6.82. The van der Waals surface area contributed by atoms with E-state index in [1.165, 1.54) is 5.56 Å². The van der Waals surface area contributed by atoms with Gasteiger partial charge in [0.1, 0.15) is 18.6 Å². The second kappa shape index (κ2) is 8.19. The number of ether oxygens (including phenoxy) is 1. The van der Waals surface area contributed by atoms with Gasteiger partial charge in [-0.05, 0) is 29.2 Å². The fourth-order valence-corrected chi connectivity index (χ4v) is 3.65. The lowest BCUT2D eigenvalue weighted by atomic mass is 9.99. The van der Waals surface area contributed by atoms with Gasteiger partial charge in [-0.25, -0.2) is 0 Å². The van der Waals surface area contributed by atoms with Crippen LogP contribution in [0, 0.1) is 0 Å². The van der Waals surface area contributed by atoms with Crippen LogP contribution in [-0.2, 0) is 11.2 Å². The van der Waals surface area contributed by atoms with E-state index in [2.05, 4.69) is 53.4 Å². The van der Waals surface area contributed by atoms with Crippen LogP contribution in [0.4, 0.5) is 0 Å². The molecule has 1 atom stereocenters. The lowest BCUT2D eigenvalue weighted by molar-refractivity contribution is -0.112. The number of fused-ring (bicyclic) bond motifs is 1. The molecular formula is C24H23NO2. The van der Waals surface area contributed by atoms with Gasteiger partial charge in [-0.3, -0.25) is 4.90 Å². The Morgan fingerprint density at radius 2 is 1.67 bits per heavy atom. The van der Waals surface area contributed by atoms with E-state index in [9.17, 15) is 4.79 Å². The smallest absolute Gasteiger partial charge is 0.141 e. The molecule has 1 aliphatic rings. The average Bonchev–Trinajstić information content (AvgIpc) is 2.91. The number of aldehydes is 1. The van der Waals surface area contributed by atoms with Crippen molar-refractivity contribution < 1.29 is 9.53 Å². The first kappa shape index (κ1) is 17.5. The molecule has 1 unspecified atom stereocenters. The molecule has 0 spiro atoms. The van der Waals surface area contributed by atoms with Gasteiger partial charge in [0.05, 0.1) is 6.04 Å². The van der Waals surface area contributed by atoms with Crippen LogP contribution in [0.15, 0.2) is 78.9 Å². The highest BCUT2D eigenvalue weighted by molar-refractivity contribution is 5.70. The maximum absolute atomic E-state index is 12.0. The van der Waals surface area contributed by atoms with E-state index in [0.29, 0.717) is 6.61 Å². The molecule has 0 amide bonds. The van der Waals surface area contributed by atoms with Crippen LogP contribution in [-0.4, -0.2) is 30.9 Å². The first-order valence-corrected chi connectivity index (χ1v) is 9.40. The molecule has 1 heterocycles. The number of carbonyl (C=O) groups excluding carboxylic acids is 1. The molecule has 3 heteroatoms. The Kier molecular flexibility index (Phi) is 5.31. The highest BCUT2D eigenvalue weighted by Crippen LogP contribution is 2.34. The zero-order valence-corrected chi connectivity index (χ0v) is 15.3. The predicted molar refractivity (Wildman–Crippen MR) is 108 cm³/mol. The summed E-state index contributed by atoms with van der Waals surface area (Å²) in [6.45, 7) is 2.16. The summed E-state index contributed by atoms with van der Waals surface area (Å²) in [5.41, 5.74) is 4.50. The van der Waals surface area contributed by atoms with Crippen molar-refractivity contribution in [3.63, 3.8) is 0 Å². The van der Waals surface area contributed by atoms with Crippen LogP contribution in [0.2, 0.25) is 0 Å². The summed E-state index contributed by atoms with van der Waals surface area (Å²) in [6.07, 6.45) is 1.96. The summed E-state index contributed by atoms with van der Waals surface area (Å²) in [5.74, 6) is 0.815. The van der Waals surface area contributed by atoms with Crippen LogP contribution in [0.5, 0.6) is 5.75 Å². The third-order valence-corrected chi connectivity index (χ3v) is 5.13. The average molecular weight is 357 g/mol. The molecule has 3 aromatic carbocycles. The van der Waals surface area contributed by atoms with Gasteiger partial charge in [-0.1, -0.05) is 72.8 Å². The topological polar surface area (TPSA) is 29.5 Å².